The Morgan fingerprint density at radius 1 is 1.19 bits per heavy atom. The normalized spacial score (nSPS) is 17.7. The molecule has 0 N–H and O–H groups in total. The van der Waals surface area contributed by atoms with Crippen LogP contribution in [0, 0.1) is 11.3 Å². The third-order valence-electron chi connectivity index (χ3n) is 4.77. The maximum Gasteiger partial charge on any atom is 0.231 e. The average molecular weight is 369 g/mol. The molecule has 1 fully saturated rings. The van der Waals surface area contributed by atoms with Crippen molar-refractivity contribution in [2.45, 2.75) is 12.5 Å². The Kier molecular flexibility index (Phi) is 4.78. The summed E-state index contributed by atoms with van der Waals surface area (Å²) in [5.41, 5.74) is 0.898. The molecule has 0 bridgehead atoms. The van der Waals surface area contributed by atoms with E-state index in [0.717, 1.165) is 16.2 Å². The second kappa shape index (κ2) is 7.36. The molecule has 6 nitrogen and oxygen atoms in total. The van der Waals surface area contributed by atoms with E-state index >= 15 is 0 Å². The first-order chi connectivity index (χ1) is 12.7. The first-order valence-corrected chi connectivity index (χ1v) is 9.46. The van der Waals surface area contributed by atoms with Gasteiger partial charge in [-0.25, -0.2) is 0 Å². The van der Waals surface area contributed by atoms with Gasteiger partial charge in [0, 0.05) is 31.1 Å². The summed E-state index contributed by atoms with van der Waals surface area (Å²) in [5.74, 6) is 1.56. The monoisotopic (exact) mass is 369 g/mol. The van der Waals surface area contributed by atoms with E-state index in [9.17, 15) is 10.1 Å². The molecule has 1 atom stereocenters. The quantitative estimate of drug-likeness (QED) is 0.828. The van der Waals surface area contributed by atoms with Gasteiger partial charge in [-0.2, -0.15) is 5.26 Å². The number of carbonyl (C=O) groups is 1. The maximum absolute atomic E-state index is 12.4. The van der Waals surface area contributed by atoms with E-state index in [1.807, 2.05) is 40.6 Å². The molecule has 2 aliphatic rings. The van der Waals surface area contributed by atoms with Gasteiger partial charge in [-0.3, -0.25) is 9.69 Å². The lowest BCUT2D eigenvalue weighted by atomic mass is 10.0. The molecule has 1 aromatic carbocycles. The third-order valence-corrected chi connectivity index (χ3v) is 5.65. The Morgan fingerprint density at radius 3 is 2.73 bits per heavy atom. The summed E-state index contributed by atoms with van der Waals surface area (Å²) in [5, 5.41) is 11.7. The van der Waals surface area contributed by atoms with Gasteiger partial charge in [0.05, 0.1) is 12.5 Å². The zero-order valence-electron chi connectivity index (χ0n) is 14.3. The Bertz CT molecular complexity index is 823. The molecular formula is C19H19N3O3S. The molecule has 1 unspecified atom stereocenters. The number of amides is 1. The first-order valence-electron chi connectivity index (χ1n) is 8.58. The van der Waals surface area contributed by atoms with Crippen LogP contribution in [-0.2, 0) is 11.2 Å². The number of thiophene rings is 1. The Morgan fingerprint density at radius 2 is 2.00 bits per heavy atom. The van der Waals surface area contributed by atoms with E-state index in [-0.39, 0.29) is 18.7 Å². The molecular weight excluding hydrogens is 350 g/mol. The van der Waals surface area contributed by atoms with Gasteiger partial charge in [0.2, 0.25) is 12.7 Å². The summed E-state index contributed by atoms with van der Waals surface area (Å²) in [4.78, 5) is 17.5. The highest BCUT2D eigenvalue weighted by Crippen LogP contribution is 2.35. The van der Waals surface area contributed by atoms with Gasteiger partial charge in [-0.05, 0) is 29.1 Å². The van der Waals surface area contributed by atoms with Crippen molar-refractivity contribution in [1.82, 2.24) is 9.80 Å². The predicted octanol–water partition coefficient (Wildman–Crippen LogP) is 2.43. The number of rotatable bonds is 4. The van der Waals surface area contributed by atoms with Crippen LogP contribution in [0.25, 0.3) is 0 Å². The fourth-order valence-electron chi connectivity index (χ4n) is 3.35. The lowest BCUT2D eigenvalue weighted by Crippen LogP contribution is -2.49. The molecule has 1 saturated heterocycles. The topological polar surface area (TPSA) is 65.8 Å². The number of fused-ring (bicyclic) bond motifs is 1. The molecule has 3 heterocycles. The average Bonchev–Trinajstić information content (AvgIpc) is 3.34. The molecule has 0 aliphatic carbocycles. The van der Waals surface area contributed by atoms with Gasteiger partial charge in [-0.15, -0.1) is 11.3 Å². The van der Waals surface area contributed by atoms with Gasteiger partial charge in [0.1, 0.15) is 6.04 Å². The third kappa shape index (κ3) is 3.39. The standard InChI is InChI=1S/C19H19N3O3S/c20-12-16(14-3-4-17-18(10-14)25-13-24-17)21-5-7-22(8-6-21)19(23)11-15-2-1-9-26-15/h1-4,9-10,16H,5-8,11,13H2. The highest BCUT2D eigenvalue weighted by molar-refractivity contribution is 7.10. The van der Waals surface area contributed by atoms with Crippen LogP contribution in [0.1, 0.15) is 16.5 Å². The largest absolute Gasteiger partial charge is 0.454 e. The zero-order valence-corrected chi connectivity index (χ0v) is 15.1. The van der Waals surface area contributed by atoms with Crippen LogP contribution in [0.5, 0.6) is 11.5 Å². The molecule has 4 rings (SSSR count). The summed E-state index contributed by atoms with van der Waals surface area (Å²) >= 11 is 1.61. The van der Waals surface area contributed by atoms with Gasteiger partial charge in [0.15, 0.2) is 11.5 Å². The highest BCUT2D eigenvalue weighted by atomic mass is 32.1. The fraction of sp³-hybridized carbons (Fsp3) is 0.368. The van der Waals surface area contributed by atoms with E-state index in [0.29, 0.717) is 38.3 Å². The second-order valence-electron chi connectivity index (χ2n) is 6.32. The van der Waals surface area contributed by atoms with Crippen molar-refractivity contribution in [2.24, 2.45) is 0 Å². The minimum Gasteiger partial charge on any atom is -0.454 e. The van der Waals surface area contributed by atoms with Crippen LogP contribution in [0.15, 0.2) is 35.7 Å². The predicted molar refractivity (Wildman–Crippen MR) is 97.1 cm³/mol. The van der Waals surface area contributed by atoms with E-state index in [1.165, 1.54) is 0 Å². The van der Waals surface area contributed by atoms with Crippen molar-refractivity contribution < 1.29 is 14.3 Å². The summed E-state index contributed by atoms with van der Waals surface area (Å²) < 4.78 is 10.8. The Balaban J connectivity index is 1.38. The second-order valence-corrected chi connectivity index (χ2v) is 7.35. The Labute approximate surface area is 156 Å². The minimum absolute atomic E-state index is 0.156. The summed E-state index contributed by atoms with van der Waals surface area (Å²) in [7, 11) is 0. The van der Waals surface area contributed by atoms with E-state index < -0.39 is 0 Å². The summed E-state index contributed by atoms with van der Waals surface area (Å²) in [6.07, 6.45) is 0.460. The van der Waals surface area contributed by atoms with E-state index in [1.54, 1.807) is 11.3 Å². The summed E-state index contributed by atoms with van der Waals surface area (Å²) in [6, 6.07) is 11.6. The van der Waals surface area contributed by atoms with Gasteiger partial charge < -0.3 is 14.4 Å². The van der Waals surface area contributed by atoms with Crippen LogP contribution in [-0.4, -0.2) is 48.7 Å². The van der Waals surface area contributed by atoms with Crippen molar-refractivity contribution in [2.75, 3.05) is 33.0 Å². The van der Waals surface area contributed by atoms with Gasteiger partial charge in [0.25, 0.3) is 0 Å². The molecule has 1 amide bonds. The fourth-order valence-corrected chi connectivity index (χ4v) is 4.05. The van der Waals surface area contributed by atoms with Crippen LogP contribution in [0.2, 0.25) is 0 Å². The first kappa shape index (κ1) is 16.9. The van der Waals surface area contributed by atoms with Gasteiger partial charge >= 0.3 is 0 Å². The molecule has 2 aromatic rings. The number of piperazine rings is 1. The molecule has 0 saturated carbocycles. The SMILES string of the molecule is N#CC(c1ccc2c(c1)OCO2)N1CCN(C(=O)Cc2cccs2)CC1. The molecule has 7 heteroatoms. The minimum atomic E-state index is -0.348. The van der Waals surface area contributed by atoms with Gasteiger partial charge in [-0.1, -0.05) is 12.1 Å². The number of nitrogens with zero attached hydrogens (tertiary/aromatic N) is 3. The van der Waals surface area contributed by atoms with Crippen LogP contribution >= 0.6 is 11.3 Å². The number of hydrogen-bond acceptors (Lipinski definition) is 6. The van der Waals surface area contributed by atoms with Crippen LogP contribution in [0.4, 0.5) is 0 Å². The molecule has 134 valence electrons. The number of nitriles is 1. The smallest absolute Gasteiger partial charge is 0.231 e. The lowest BCUT2D eigenvalue weighted by molar-refractivity contribution is -0.132. The molecule has 2 aliphatic heterocycles. The molecule has 26 heavy (non-hydrogen) atoms. The van der Waals surface area contributed by atoms with Crippen molar-refractivity contribution in [3.8, 4) is 17.6 Å². The highest BCUT2D eigenvalue weighted by Gasteiger charge is 2.28. The van der Waals surface area contributed by atoms with Crippen molar-refractivity contribution in [1.29, 1.82) is 5.26 Å². The Hall–Kier alpha value is -2.56. The number of benzene rings is 1. The zero-order chi connectivity index (χ0) is 17.9. The molecule has 1 aromatic heterocycles. The van der Waals surface area contributed by atoms with Crippen LogP contribution < -0.4 is 9.47 Å². The van der Waals surface area contributed by atoms with Crippen molar-refractivity contribution >= 4 is 17.2 Å². The van der Waals surface area contributed by atoms with E-state index in [4.69, 9.17) is 9.47 Å². The van der Waals surface area contributed by atoms with Crippen LogP contribution in [0.3, 0.4) is 0 Å². The number of carbonyl (C=O) groups excluding carboxylic acids is 1. The summed E-state index contributed by atoms with van der Waals surface area (Å²) in [6.45, 7) is 2.88. The maximum atomic E-state index is 12.4. The van der Waals surface area contributed by atoms with Crippen molar-refractivity contribution in [3.05, 3.63) is 46.2 Å². The molecule has 0 spiro atoms. The number of ether oxygens (including phenoxy) is 2. The lowest BCUT2D eigenvalue weighted by Gasteiger charge is -2.37. The van der Waals surface area contributed by atoms with E-state index in [2.05, 4.69) is 11.0 Å². The number of hydrogen-bond donors (Lipinski definition) is 0. The van der Waals surface area contributed by atoms with Crippen molar-refractivity contribution in [3.63, 3.8) is 0 Å². The molecule has 0 radical (unpaired) electrons.